The summed E-state index contributed by atoms with van der Waals surface area (Å²) < 4.78 is 38.0. The Hall–Kier alpha value is -2.32. The van der Waals surface area contributed by atoms with Crippen LogP contribution in [-0.2, 0) is 15.8 Å². The van der Waals surface area contributed by atoms with Gasteiger partial charge in [0.15, 0.2) is 0 Å². The SMILES string of the molecule is CC(C)CN1C[C@@H](C(=O)Nc2cc(C(F)(F)F)c[nH]c2=O)CC1=O. The smallest absolute Gasteiger partial charge is 0.342 e. The molecule has 2 heterocycles. The van der Waals surface area contributed by atoms with E-state index in [1.165, 1.54) is 0 Å². The summed E-state index contributed by atoms with van der Waals surface area (Å²) in [6.45, 7) is 4.57. The number of hydrogen-bond donors (Lipinski definition) is 2. The molecule has 0 aromatic carbocycles. The van der Waals surface area contributed by atoms with E-state index in [1.807, 2.05) is 18.8 Å². The molecule has 1 aliphatic rings. The van der Waals surface area contributed by atoms with Crippen LogP contribution in [0, 0.1) is 11.8 Å². The van der Waals surface area contributed by atoms with Crippen LogP contribution >= 0.6 is 0 Å². The zero-order valence-electron chi connectivity index (χ0n) is 13.2. The third-order valence-corrected chi connectivity index (χ3v) is 3.66. The summed E-state index contributed by atoms with van der Waals surface area (Å²) in [5.41, 5.74) is -2.38. The van der Waals surface area contributed by atoms with Gasteiger partial charge < -0.3 is 15.2 Å². The predicted octanol–water partition coefficient (Wildman–Crippen LogP) is 1.84. The molecule has 1 saturated heterocycles. The average Bonchev–Trinajstić information content (AvgIpc) is 2.80. The molecule has 1 aromatic rings. The highest BCUT2D eigenvalue weighted by Gasteiger charge is 2.35. The zero-order valence-corrected chi connectivity index (χ0v) is 13.2. The van der Waals surface area contributed by atoms with Crippen molar-refractivity contribution in [2.75, 3.05) is 18.4 Å². The van der Waals surface area contributed by atoms with Gasteiger partial charge in [0.2, 0.25) is 11.8 Å². The van der Waals surface area contributed by atoms with E-state index in [0.717, 1.165) is 0 Å². The molecule has 6 nitrogen and oxygen atoms in total. The Kier molecular flexibility index (Phi) is 5.00. The number of aromatic nitrogens is 1. The maximum atomic E-state index is 12.7. The summed E-state index contributed by atoms with van der Waals surface area (Å²) in [6, 6.07) is 0.583. The van der Waals surface area contributed by atoms with Gasteiger partial charge in [0, 0.05) is 25.7 Å². The second-order valence-electron chi connectivity index (χ2n) is 6.21. The molecule has 1 aromatic heterocycles. The summed E-state index contributed by atoms with van der Waals surface area (Å²) in [5.74, 6) is -1.27. The maximum Gasteiger partial charge on any atom is 0.417 e. The highest BCUT2D eigenvalue weighted by molar-refractivity contribution is 5.97. The number of halogens is 3. The zero-order chi connectivity index (χ0) is 18.1. The highest BCUT2D eigenvalue weighted by Crippen LogP contribution is 2.29. The Labute approximate surface area is 136 Å². The fourth-order valence-corrected chi connectivity index (χ4v) is 2.54. The molecule has 2 rings (SSSR count). The second kappa shape index (κ2) is 6.66. The lowest BCUT2D eigenvalue weighted by molar-refractivity contribution is -0.137. The third kappa shape index (κ3) is 4.15. The maximum absolute atomic E-state index is 12.7. The molecule has 1 atom stereocenters. The van der Waals surface area contributed by atoms with Crippen molar-refractivity contribution in [3.8, 4) is 0 Å². The number of alkyl halides is 3. The van der Waals surface area contributed by atoms with Crippen LogP contribution in [0.3, 0.4) is 0 Å². The molecule has 0 bridgehead atoms. The number of nitrogens with one attached hydrogen (secondary N) is 2. The van der Waals surface area contributed by atoms with Gasteiger partial charge in [-0.05, 0) is 12.0 Å². The van der Waals surface area contributed by atoms with Gasteiger partial charge in [-0.2, -0.15) is 13.2 Å². The summed E-state index contributed by atoms with van der Waals surface area (Å²) in [4.78, 5) is 39.1. The number of nitrogens with zero attached hydrogens (tertiary/aromatic N) is 1. The molecule has 0 radical (unpaired) electrons. The number of likely N-dealkylation sites (tertiary alicyclic amines) is 1. The van der Waals surface area contributed by atoms with Crippen LogP contribution in [0.2, 0.25) is 0 Å². The highest BCUT2D eigenvalue weighted by atomic mass is 19.4. The summed E-state index contributed by atoms with van der Waals surface area (Å²) >= 11 is 0. The lowest BCUT2D eigenvalue weighted by Crippen LogP contribution is -2.32. The predicted molar refractivity (Wildman–Crippen MR) is 80.2 cm³/mol. The monoisotopic (exact) mass is 345 g/mol. The van der Waals surface area contributed by atoms with E-state index in [2.05, 4.69) is 5.32 Å². The topological polar surface area (TPSA) is 82.3 Å². The van der Waals surface area contributed by atoms with Crippen molar-refractivity contribution in [3.63, 3.8) is 0 Å². The molecule has 24 heavy (non-hydrogen) atoms. The molecule has 0 saturated carbocycles. The number of carbonyl (C=O) groups is 2. The van der Waals surface area contributed by atoms with Crippen LogP contribution in [-0.4, -0.2) is 34.8 Å². The molecule has 0 spiro atoms. The molecule has 2 N–H and O–H groups in total. The quantitative estimate of drug-likeness (QED) is 0.873. The number of hydrogen-bond acceptors (Lipinski definition) is 3. The normalized spacial score (nSPS) is 18.3. The van der Waals surface area contributed by atoms with Crippen molar-refractivity contribution in [2.24, 2.45) is 11.8 Å². The van der Waals surface area contributed by atoms with Gasteiger partial charge >= 0.3 is 6.18 Å². The van der Waals surface area contributed by atoms with E-state index in [1.54, 1.807) is 4.90 Å². The number of anilines is 1. The van der Waals surface area contributed by atoms with E-state index < -0.39 is 34.8 Å². The summed E-state index contributed by atoms with van der Waals surface area (Å²) in [5, 5.41) is 2.20. The van der Waals surface area contributed by atoms with E-state index in [-0.39, 0.29) is 24.8 Å². The number of aromatic amines is 1. The van der Waals surface area contributed by atoms with Gasteiger partial charge in [0.1, 0.15) is 5.69 Å². The molecule has 2 amide bonds. The third-order valence-electron chi connectivity index (χ3n) is 3.66. The molecular formula is C15H18F3N3O3. The fourth-order valence-electron chi connectivity index (χ4n) is 2.54. The van der Waals surface area contributed by atoms with Crippen LogP contribution in [0.25, 0.3) is 0 Å². The van der Waals surface area contributed by atoms with Gasteiger partial charge in [-0.15, -0.1) is 0 Å². The minimum Gasteiger partial charge on any atom is -0.342 e. The molecule has 1 fully saturated rings. The first-order chi connectivity index (χ1) is 11.1. The minimum absolute atomic E-state index is 0.0184. The van der Waals surface area contributed by atoms with Crippen LogP contribution in [0.15, 0.2) is 17.1 Å². The van der Waals surface area contributed by atoms with Crippen LogP contribution < -0.4 is 10.9 Å². The fraction of sp³-hybridized carbons (Fsp3) is 0.533. The van der Waals surface area contributed by atoms with E-state index >= 15 is 0 Å². The van der Waals surface area contributed by atoms with Gasteiger partial charge in [0.25, 0.3) is 5.56 Å². The van der Waals surface area contributed by atoms with Crippen molar-refractivity contribution < 1.29 is 22.8 Å². The van der Waals surface area contributed by atoms with E-state index in [0.29, 0.717) is 18.8 Å². The average molecular weight is 345 g/mol. The molecule has 0 unspecified atom stereocenters. The Bertz CT molecular complexity index is 697. The minimum atomic E-state index is -4.64. The van der Waals surface area contributed by atoms with E-state index in [9.17, 15) is 27.6 Å². The standard InChI is InChI=1S/C15H18F3N3O3/c1-8(2)6-21-7-9(3-12(21)22)13(23)20-11-4-10(15(16,17)18)5-19-14(11)24/h4-5,8-9H,3,6-7H2,1-2H3,(H,19,24)(H,20,23)/t9-/m0/s1. The van der Waals surface area contributed by atoms with Gasteiger partial charge in [-0.3, -0.25) is 14.4 Å². The van der Waals surface area contributed by atoms with Crippen LogP contribution in [0.4, 0.5) is 18.9 Å². The number of H-pyrrole nitrogens is 1. The van der Waals surface area contributed by atoms with Gasteiger partial charge in [-0.1, -0.05) is 13.8 Å². The Balaban J connectivity index is 2.11. The number of amides is 2. The van der Waals surface area contributed by atoms with Gasteiger partial charge in [0.05, 0.1) is 11.5 Å². The first-order valence-corrected chi connectivity index (χ1v) is 7.46. The van der Waals surface area contributed by atoms with Gasteiger partial charge in [-0.25, -0.2) is 0 Å². The first kappa shape index (κ1) is 18.0. The lowest BCUT2D eigenvalue weighted by atomic mass is 10.1. The van der Waals surface area contributed by atoms with Crippen LogP contribution in [0.5, 0.6) is 0 Å². The molecular weight excluding hydrogens is 327 g/mol. The number of rotatable bonds is 4. The number of pyridine rings is 1. The molecule has 9 heteroatoms. The summed E-state index contributed by atoms with van der Waals surface area (Å²) in [6.07, 6.45) is -4.11. The van der Waals surface area contributed by atoms with Crippen molar-refractivity contribution in [3.05, 3.63) is 28.2 Å². The first-order valence-electron chi connectivity index (χ1n) is 7.46. The Morgan fingerprint density at radius 1 is 1.42 bits per heavy atom. The van der Waals surface area contributed by atoms with Crippen LogP contribution in [0.1, 0.15) is 25.8 Å². The van der Waals surface area contributed by atoms with Crippen molar-refractivity contribution in [1.29, 1.82) is 0 Å². The second-order valence-corrected chi connectivity index (χ2v) is 6.21. The molecule has 132 valence electrons. The Morgan fingerprint density at radius 2 is 2.08 bits per heavy atom. The lowest BCUT2D eigenvalue weighted by Gasteiger charge is -2.18. The number of carbonyl (C=O) groups excluding carboxylic acids is 2. The Morgan fingerprint density at radius 3 is 2.67 bits per heavy atom. The largest absolute Gasteiger partial charge is 0.417 e. The van der Waals surface area contributed by atoms with E-state index in [4.69, 9.17) is 0 Å². The van der Waals surface area contributed by atoms with Crippen molar-refractivity contribution in [2.45, 2.75) is 26.4 Å². The summed E-state index contributed by atoms with van der Waals surface area (Å²) in [7, 11) is 0. The molecule has 1 aliphatic heterocycles. The van der Waals surface area contributed by atoms with Crippen molar-refractivity contribution in [1.82, 2.24) is 9.88 Å². The molecule has 0 aliphatic carbocycles. The van der Waals surface area contributed by atoms with Crippen molar-refractivity contribution >= 4 is 17.5 Å².